The minimum atomic E-state index is -0.255. The van der Waals surface area contributed by atoms with Crippen molar-refractivity contribution in [3.8, 4) is 17.3 Å². The summed E-state index contributed by atoms with van der Waals surface area (Å²) in [5.41, 5.74) is 5.00. The van der Waals surface area contributed by atoms with Crippen molar-refractivity contribution in [1.29, 1.82) is 0 Å². The highest BCUT2D eigenvalue weighted by Gasteiger charge is 2.54. The first-order valence-electron chi connectivity index (χ1n) is 16.0. The quantitative estimate of drug-likeness (QED) is 0.289. The van der Waals surface area contributed by atoms with Gasteiger partial charge in [0.25, 0.3) is 0 Å². The predicted octanol–water partition coefficient (Wildman–Crippen LogP) is 6.17. The van der Waals surface area contributed by atoms with Crippen LogP contribution in [-0.4, -0.2) is 76.4 Å². The average molecular weight is 588 g/mol. The summed E-state index contributed by atoms with van der Waals surface area (Å²) in [6, 6.07) is 6.54. The third kappa shape index (κ3) is 5.87. The van der Waals surface area contributed by atoms with E-state index in [1.165, 1.54) is 11.1 Å². The normalized spacial score (nSPS) is 23.3. The van der Waals surface area contributed by atoms with Crippen molar-refractivity contribution < 1.29 is 23.7 Å². The molecule has 3 aromatic rings. The van der Waals surface area contributed by atoms with E-state index in [4.69, 9.17) is 29.0 Å². The van der Waals surface area contributed by atoms with E-state index in [1.54, 1.807) is 17.3 Å². The minimum Gasteiger partial charge on any atom is -0.471 e. The molecule has 2 unspecified atom stereocenters. The van der Waals surface area contributed by atoms with Crippen LogP contribution in [0.3, 0.4) is 0 Å². The van der Waals surface area contributed by atoms with E-state index >= 15 is 0 Å². The second-order valence-corrected chi connectivity index (χ2v) is 12.3. The molecular formula is C33H41N5O5. The van der Waals surface area contributed by atoms with Crippen molar-refractivity contribution in [2.45, 2.75) is 77.0 Å². The molecular weight excluding hydrogens is 546 g/mol. The molecule has 228 valence electrons. The number of benzene rings is 1. The number of likely N-dealkylation sites (tertiary alicyclic amines) is 1. The second kappa shape index (κ2) is 12.2. The number of hydrogen-bond donors (Lipinski definition) is 0. The third-order valence-corrected chi connectivity index (χ3v) is 9.41. The van der Waals surface area contributed by atoms with Gasteiger partial charge in [-0.1, -0.05) is 25.5 Å². The lowest BCUT2D eigenvalue weighted by Gasteiger charge is -2.38. The smallest absolute Gasteiger partial charge is 0.409 e. The van der Waals surface area contributed by atoms with Crippen LogP contribution in [0.25, 0.3) is 27.9 Å². The van der Waals surface area contributed by atoms with Gasteiger partial charge in [0, 0.05) is 24.0 Å². The van der Waals surface area contributed by atoms with E-state index < -0.39 is 0 Å². The van der Waals surface area contributed by atoms with Crippen LogP contribution < -0.4 is 4.74 Å². The zero-order valence-electron chi connectivity index (χ0n) is 25.0. The number of unbranched alkanes of at least 4 members (excludes halogenated alkanes) is 1. The van der Waals surface area contributed by atoms with Crippen molar-refractivity contribution in [3.63, 3.8) is 0 Å². The van der Waals surface area contributed by atoms with E-state index in [9.17, 15) is 4.79 Å². The van der Waals surface area contributed by atoms with Crippen LogP contribution in [0.5, 0.6) is 5.88 Å². The van der Waals surface area contributed by atoms with Gasteiger partial charge in [-0.15, -0.1) is 0 Å². The molecule has 1 saturated carbocycles. The molecule has 3 fully saturated rings. The van der Waals surface area contributed by atoms with Crippen LogP contribution in [0.15, 0.2) is 36.7 Å². The van der Waals surface area contributed by atoms with Gasteiger partial charge in [-0.05, 0) is 74.6 Å². The van der Waals surface area contributed by atoms with Crippen molar-refractivity contribution in [1.82, 2.24) is 24.6 Å². The van der Waals surface area contributed by atoms with Gasteiger partial charge in [-0.2, -0.15) is 5.10 Å². The van der Waals surface area contributed by atoms with Gasteiger partial charge < -0.3 is 23.8 Å². The number of fused-ring (bicyclic) bond motifs is 1. The van der Waals surface area contributed by atoms with Gasteiger partial charge in [-0.25, -0.2) is 14.5 Å². The number of hydrogen-bond acceptors (Lipinski definition) is 8. The summed E-state index contributed by atoms with van der Waals surface area (Å²) in [6.45, 7) is 5.84. The summed E-state index contributed by atoms with van der Waals surface area (Å²) in [7, 11) is 0. The third-order valence-electron chi connectivity index (χ3n) is 9.41. The lowest BCUT2D eigenvalue weighted by Crippen LogP contribution is -2.50. The zero-order valence-corrected chi connectivity index (χ0v) is 25.0. The minimum absolute atomic E-state index is 0.0941. The van der Waals surface area contributed by atoms with E-state index in [0.717, 1.165) is 87.6 Å². The summed E-state index contributed by atoms with van der Waals surface area (Å²) in [4.78, 5) is 24.0. The molecule has 43 heavy (non-hydrogen) atoms. The highest BCUT2D eigenvalue weighted by molar-refractivity contribution is 5.94. The van der Waals surface area contributed by atoms with Gasteiger partial charge in [-0.3, -0.25) is 4.98 Å². The van der Waals surface area contributed by atoms with E-state index in [0.29, 0.717) is 37.9 Å². The molecule has 1 aliphatic carbocycles. The monoisotopic (exact) mass is 587 g/mol. The van der Waals surface area contributed by atoms with Crippen molar-refractivity contribution >= 4 is 22.6 Å². The van der Waals surface area contributed by atoms with E-state index in [-0.39, 0.29) is 23.8 Å². The predicted molar refractivity (Wildman–Crippen MR) is 162 cm³/mol. The fourth-order valence-corrected chi connectivity index (χ4v) is 6.58. The maximum absolute atomic E-state index is 12.7. The summed E-state index contributed by atoms with van der Waals surface area (Å²) in [5, 5.41) is 6.11. The van der Waals surface area contributed by atoms with Crippen LogP contribution >= 0.6 is 0 Å². The average Bonchev–Trinajstić information content (AvgIpc) is 3.73. The fraction of sp³-hybridized carbons (Fsp3) is 0.576. The molecule has 1 spiro atoms. The molecule has 2 atom stereocenters. The maximum Gasteiger partial charge on any atom is 0.409 e. The highest BCUT2D eigenvalue weighted by atomic mass is 16.6. The van der Waals surface area contributed by atoms with Crippen LogP contribution in [0.1, 0.15) is 76.5 Å². The molecule has 0 radical (unpaired) electrons. The number of nitrogens with zero attached hydrogens (tertiary/aromatic N) is 5. The Morgan fingerprint density at radius 1 is 1.16 bits per heavy atom. The van der Waals surface area contributed by atoms with Crippen LogP contribution in [-0.2, 0) is 14.2 Å². The molecule has 2 saturated heterocycles. The molecule has 5 heterocycles. The first kappa shape index (κ1) is 28.3. The Kier molecular flexibility index (Phi) is 8.05. The summed E-state index contributed by atoms with van der Waals surface area (Å²) in [5.74, 6) is 0.454. The number of rotatable bonds is 8. The number of aromatic nitrogens is 4. The van der Waals surface area contributed by atoms with Gasteiger partial charge >= 0.3 is 6.09 Å². The van der Waals surface area contributed by atoms with Crippen molar-refractivity contribution in [2.24, 2.45) is 5.41 Å². The van der Waals surface area contributed by atoms with Crippen LogP contribution in [0.2, 0.25) is 0 Å². The lowest BCUT2D eigenvalue weighted by atomic mass is 9.90. The molecule has 2 aromatic heterocycles. The Hall–Kier alpha value is -3.50. The summed E-state index contributed by atoms with van der Waals surface area (Å²) < 4.78 is 25.8. The first-order valence-corrected chi connectivity index (χ1v) is 16.0. The van der Waals surface area contributed by atoms with Gasteiger partial charge in [0.2, 0.25) is 5.88 Å². The molecule has 3 aliphatic heterocycles. The van der Waals surface area contributed by atoms with Crippen LogP contribution in [0.4, 0.5) is 4.79 Å². The molecule has 0 N–H and O–H groups in total. The number of ether oxygens (including phenoxy) is 4. The van der Waals surface area contributed by atoms with Crippen LogP contribution in [0, 0.1) is 5.41 Å². The first-order chi connectivity index (χ1) is 21.1. The van der Waals surface area contributed by atoms with Gasteiger partial charge in [0.05, 0.1) is 44.3 Å². The molecule has 0 bridgehead atoms. The van der Waals surface area contributed by atoms with E-state index in [1.807, 2.05) is 4.68 Å². The number of carbonyl (C=O) groups excluding carboxylic acids is 1. The standard InChI is InChI=1S/C33H41N5O5/c1-2-3-15-42-32(39)37-14-13-33(11-12-33)28(22-37)43-29-21-34-20-26(35-29)31-25-19-24(23-9-17-40-18-10-23)7-8-27(25)38(36-31)30-6-4-5-16-41-30/h7-9,19-21,28,30H,2-6,10-18,22H2,1H3. The molecule has 10 nitrogen and oxygen atoms in total. The Morgan fingerprint density at radius 3 is 2.88 bits per heavy atom. The Bertz CT molecular complexity index is 1490. The van der Waals surface area contributed by atoms with Crippen molar-refractivity contribution in [3.05, 3.63) is 42.2 Å². The van der Waals surface area contributed by atoms with Gasteiger partial charge in [0.1, 0.15) is 17.5 Å². The maximum atomic E-state index is 12.7. The lowest BCUT2D eigenvalue weighted by molar-refractivity contribution is -0.0365. The second-order valence-electron chi connectivity index (χ2n) is 12.3. The Balaban J connectivity index is 1.18. The van der Waals surface area contributed by atoms with Gasteiger partial charge in [0.15, 0.2) is 6.23 Å². The highest BCUT2D eigenvalue weighted by Crippen LogP contribution is 2.54. The SMILES string of the molecule is CCCCOC(=O)N1CCC2(CC2)C(Oc2cncc(-c3nn(C4CCCCO4)c4ccc(C5=CCOCC5)cc34)n2)C1. The largest absolute Gasteiger partial charge is 0.471 e. The molecule has 7 rings (SSSR count). The summed E-state index contributed by atoms with van der Waals surface area (Å²) in [6.07, 6.45) is 14.0. The number of amides is 1. The molecule has 4 aliphatic rings. The van der Waals surface area contributed by atoms with E-state index in [2.05, 4.69) is 36.2 Å². The number of piperidine rings is 1. The number of carbonyl (C=O) groups is 1. The fourth-order valence-electron chi connectivity index (χ4n) is 6.58. The Morgan fingerprint density at radius 2 is 2.09 bits per heavy atom. The van der Waals surface area contributed by atoms with Crippen molar-refractivity contribution in [2.75, 3.05) is 39.5 Å². The molecule has 1 amide bonds. The zero-order chi connectivity index (χ0) is 29.2. The Labute approximate surface area is 252 Å². The molecule has 1 aromatic carbocycles. The molecule has 10 heteroatoms. The summed E-state index contributed by atoms with van der Waals surface area (Å²) >= 11 is 0. The topological polar surface area (TPSA) is 101 Å².